The van der Waals surface area contributed by atoms with E-state index in [1.54, 1.807) is 28.8 Å². The molecule has 0 radical (unpaired) electrons. The van der Waals surface area contributed by atoms with Gasteiger partial charge in [-0.1, -0.05) is 18.2 Å². The van der Waals surface area contributed by atoms with Crippen LogP contribution in [0, 0.1) is 5.82 Å². The Labute approximate surface area is 168 Å². The van der Waals surface area contributed by atoms with Crippen molar-refractivity contribution in [1.82, 2.24) is 9.88 Å². The standard InChI is InChI=1S/C21H21FN2O4S/c22-15-7-9-17(10-8-15)29(26,27)20-13-24(19-6-2-1-5-18(19)20)14-21(25)23-12-16-4-3-11-28-16/h1-2,5-10,13,16H,3-4,11-12,14H2,(H,23,25). The Kier molecular flexibility index (Phi) is 5.38. The average Bonchev–Trinajstić information content (AvgIpc) is 3.35. The molecule has 4 rings (SSSR count). The highest BCUT2D eigenvalue weighted by Gasteiger charge is 2.24. The lowest BCUT2D eigenvalue weighted by Crippen LogP contribution is -2.34. The Morgan fingerprint density at radius 2 is 1.93 bits per heavy atom. The van der Waals surface area contributed by atoms with Gasteiger partial charge in [0.2, 0.25) is 15.7 Å². The second kappa shape index (κ2) is 7.96. The molecule has 1 unspecified atom stereocenters. The van der Waals surface area contributed by atoms with Crippen LogP contribution in [0.4, 0.5) is 4.39 Å². The van der Waals surface area contributed by atoms with E-state index >= 15 is 0 Å². The Morgan fingerprint density at radius 1 is 1.17 bits per heavy atom. The predicted octanol–water partition coefficient (Wildman–Crippen LogP) is 2.91. The second-order valence-electron chi connectivity index (χ2n) is 7.03. The number of rotatable bonds is 6. The number of nitrogens with zero attached hydrogens (tertiary/aromatic N) is 1. The molecule has 29 heavy (non-hydrogen) atoms. The first-order chi connectivity index (χ1) is 13.9. The zero-order valence-corrected chi connectivity index (χ0v) is 16.5. The molecule has 1 saturated heterocycles. The summed E-state index contributed by atoms with van der Waals surface area (Å²) in [6.07, 6.45) is 3.42. The van der Waals surface area contributed by atoms with Crippen molar-refractivity contribution in [2.45, 2.75) is 35.3 Å². The summed E-state index contributed by atoms with van der Waals surface area (Å²) < 4.78 is 46.5. The van der Waals surface area contributed by atoms with Crippen LogP contribution in [0.15, 0.2) is 64.5 Å². The fourth-order valence-electron chi connectivity index (χ4n) is 3.54. The molecular formula is C21H21FN2O4S. The van der Waals surface area contributed by atoms with E-state index in [1.165, 1.54) is 18.3 Å². The molecule has 1 amide bonds. The lowest BCUT2D eigenvalue weighted by molar-refractivity contribution is -0.122. The quantitative estimate of drug-likeness (QED) is 0.627. The highest BCUT2D eigenvalue weighted by Crippen LogP contribution is 2.30. The number of sulfone groups is 1. The molecule has 0 saturated carbocycles. The second-order valence-corrected chi connectivity index (χ2v) is 8.95. The SMILES string of the molecule is O=C(Cn1cc(S(=O)(=O)c2ccc(F)cc2)c2ccccc21)NCC1CCCO1. The van der Waals surface area contributed by atoms with Crippen molar-refractivity contribution in [3.8, 4) is 0 Å². The Morgan fingerprint density at radius 3 is 2.66 bits per heavy atom. The third kappa shape index (κ3) is 4.04. The Hall–Kier alpha value is -2.71. The topological polar surface area (TPSA) is 77.4 Å². The van der Waals surface area contributed by atoms with Gasteiger partial charge < -0.3 is 14.6 Å². The lowest BCUT2D eigenvalue weighted by Gasteiger charge is -2.11. The molecule has 2 aromatic carbocycles. The predicted molar refractivity (Wildman–Crippen MR) is 106 cm³/mol. The lowest BCUT2D eigenvalue weighted by atomic mass is 10.2. The number of halogens is 1. The van der Waals surface area contributed by atoms with E-state index in [4.69, 9.17) is 4.74 Å². The molecule has 0 aliphatic carbocycles. The fraction of sp³-hybridized carbons (Fsp3) is 0.286. The third-order valence-electron chi connectivity index (χ3n) is 5.03. The molecule has 8 heteroatoms. The molecule has 0 bridgehead atoms. The molecule has 0 spiro atoms. The normalized spacial score (nSPS) is 16.9. The molecular weight excluding hydrogens is 395 g/mol. The van der Waals surface area contributed by atoms with Crippen molar-refractivity contribution < 1.29 is 22.3 Å². The minimum absolute atomic E-state index is 0.00429. The van der Waals surface area contributed by atoms with E-state index in [0.29, 0.717) is 24.1 Å². The summed E-state index contributed by atoms with van der Waals surface area (Å²) >= 11 is 0. The maximum atomic E-state index is 13.2. The van der Waals surface area contributed by atoms with Crippen LogP contribution in [0.3, 0.4) is 0 Å². The van der Waals surface area contributed by atoms with E-state index in [0.717, 1.165) is 25.0 Å². The number of fused-ring (bicyclic) bond motifs is 1. The van der Waals surface area contributed by atoms with E-state index in [2.05, 4.69) is 5.32 Å². The van der Waals surface area contributed by atoms with Crippen LogP contribution in [0.1, 0.15) is 12.8 Å². The number of amides is 1. The van der Waals surface area contributed by atoms with Gasteiger partial charge in [-0.2, -0.15) is 0 Å². The van der Waals surface area contributed by atoms with Gasteiger partial charge in [-0.15, -0.1) is 0 Å². The monoisotopic (exact) mass is 416 g/mol. The van der Waals surface area contributed by atoms with Crippen molar-refractivity contribution in [2.24, 2.45) is 0 Å². The van der Waals surface area contributed by atoms with Gasteiger partial charge in [0.15, 0.2) is 0 Å². The molecule has 6 nitrogen and oxygen atoms in total. The first-order valence-corrected chi connectivity index (χ1v) is 10.9. The van der Waals surface area contributed by atoms with E-state index in [1.807, 2.05) is 0 Å². The number of hydrogen-bond donors (Lipinski definition) is 1. The summed E-state index contributed by atoms with van der Waals surface area (Å²) in [5.41, 5.74) is 0.639. The van der Waals surface area contributed by atoms with Gasteiger partial charge in [0.1, 0.15) is 12.4 Å². The smallest absolute Gasteiger partial charge is 0.240 e. The first-order valence-electron chi connectivity index (χ1n) is 9.42. The zero-order valence-electron chi connectivity index (χ0n) is 15.7. The first kappa shape index (κ1) is 19.6. The number of para-hydroxylation sites is 1. The largest absolute Gasteiger partial charge is 0.376 e. The molecule has 2 heterocycles. The van der Waals surface area contributed by atoms with Crippen molar-refractivity contribution in [2.75, 3.05) is 13.2 Å². The van der Waals surface area contributed by atoms with Crippen LogP contribution in [0.2, 0.25) is 0 Å². The number of carbonyl (C=O) groups is 1. The molecule has 1 fully saturated rings. The number of nitrogens with one attached hydrogen (secondary N) is 1. The van der Waals surface area contributed by atoms with E-state index in [9.17, 15) is 17.6 Å². The van der Waals surface area contributed by atoms with E-state index < -0.39 is 15.7 Å². The molecule has 3 aromatic rings. The molecule has 1 atom stereocenters. The zero-order chi connectivity index (χ0) is 20.4. The van der Waals surface area contributed by atoms with Crippen molar-refractivity contribution >= 4 is 26.6 Å². The van der Waals surface area contributed by atoms with Crippen LogP contribution < -0.4 is 5.32 Å². The number of carbonyl (C=O) groups excluding carboxylic acids is 1. The highest BCUT2D eigenvalue weighted by molar-refractivity contribution is 7.91. The van der Waals surface area contributed by atoms with Crippen molar-refractivity contribution in [3.63, 3.8) is 0 Å². The minimum Gasteiger partial charge on any atom is -0.376 e. The number of ether oxygens (including phenoxy) is 1. The third-order valence-corrected chi connectivity index (χ3v) is 6.83. The van der Waals surface area contributed by atoms with Crippen molar-refractivity contribution in [1.29, 1.82) is 0 Å². The van der Waals surface area contributed by atoms with Crippen molar-refractivity contribution in [3.05, 3.63) is 60.5 Å². The summed E-state index contributed by atoms with van der Waals surface area (Å²) in [5, 5.41) is 3.37. The maximum Gasteiger partial charge on any atom is 0.240 e. The average molecular weight is 416 g/mol. The molecule has 1 aliphatic rings. The molecule has 1 aromatic heterocycles. The summed E-state index contributed by atoms with van der Waals surface area (Å²) in [6.45, 7) is 1.15. The van der Waals surface area contributed by atoms with Gasteiger partial charge >= 0.3 is 0 Å². The minimum atomic E-state index is -3.86. The van der Waals surface area contributed by atoms with Crippen LogP contribution in [0.25, 0.3) is 10.9 Å². The van der Waals surface area contributed by atoms with Gasteiger partial charge in [-0.3, -0.25) is 4.79 Å². The van der Waals surface area contributed by atoms with Gasteiger partial charge in [0.05, 0.1) is 15.9 Å². The number of benzene rings is 2. The summed E-state index contributed by atoms with van der Waals surface area (Å²) in [4.78, 5) is 12.5. The highest BCUT2D eigenvalue weighted by atomic mass is 32.2. The summed E-state index contributed by atoms with van der Waals surface area (Å²) in [5.74, 6) is -0.721. The van der Waals surface area contributed by atoms with Crippen LogP contribution >= 0.6 is 0 Å². The maximum absolute atomic E-state index is 13.2. The van der Waals surface area contributed by atoms with Crippen LogP contribution in [-0.2, 0) is 25.9 Å². The van der Waals surface area contributed by atoms with Gasteiger partial charge in [0.25, 0.3) is 0 Å². The number of hydrogen-bond acceptors (Lipinski definition) is 4. The van der Waals surface area contributed by atoms with Crippen LogP contribution in [0.5, 0.6) is 0 Å². The van der Waals surface area contributed by atoms with E-state index in [-0.39, 0.29) is 28.3 Å². The number of aromatic nitrogens is 1. The van der Waals surface area contributed by atoms with Gasteiger partial charge in [0, 0.05) is 30.3 Å². The summed E-state index contributed by atoms with van der Waals surface area (Å²) in [6, 6.07) is 11.7. The molecule has 152 valence electrons. The molecule has 1 N–H and O–H groups in total. The Balaban J connectivity index is 1.63. The van der Waals surface area contributed by atoms with Crippen LogP contribution in [-0.4, -0.2) is 38.1 Å². The summed E-state index contributed by atoms with van der Waals surface area (Å²) in [7, 11) is -3.86. The van der Waals surface area contributed by atoms with Gasteiger partial charge in [-0.05, 0) is 43.2 Å². The van der Waals surface area contributed by atoms with Gasteiger partial charge in [-0.25, -0.2) is 12.8 Å². The Bertz CT molecular complexity index is 1130. The fourth-order valence-corrected chi connectivity index (χ4v) is 5.02. The molecule has 1 aliphatic heterocycles.